The second-order valence-electron chi connectivity index (χ2n) is 5.53. The molecule has 0 spiro atoms. The van der Waals surface area contributed by atoms with Crippen molar-refractivity contribution in [1.29, 1.82) is 0 Å². The Bertz CT molecular complexity index is 242. The molecular weight excluding hydrogens is 246 g/mol. The number of unbranched alkanes of at least 4 members (excludes halogenated alkanes) is 1. The molecule has 19 heavy (non-hydrogen) atoms. The fourth-order valence-corrected chi connectivity index (χ4v) is 1.51. The molecule has 0 rings (SSSR count). The van der Waals surface area contributed by atoms with E-state index in [0.717, 1.165) is 25.8 Å². The highest BCUT2D eigenvalue weighted by Gasteiger charge is 2.15. The topological polar surface area (TPSA) is 96.6 Å². The van der Waals surface area contributed by atoms with E-state index in [9.17, 15) is 4.79 Å². The van der Waals surface area contributed by atoms with Crippen LogP contribution in [0.2, 0.25) is 0 Å². The summed E-state index contributed by atoms with van der Waals surface area (Å²) in [6.45, 7) is 7.59. The maximum atomic E-state index is 11.4. The molecule has 0 saturated carbocycles. The number of aliphatic hydroxyl groups is 1. The van der Waals surface area contributed by atoms with E-state index < -0.39 is 11.7 Å². The van der Waals surface area contributed by atoms with Gasteiger partial charge in [0.1, 0.15) is 5.60 Å². The summed E-state index contributed by atoms with van der Waals surface area (Å²) in [4.78, 5) is 11.4. The predicted molar refractivity (Wildman–Crippen MR) is 76.0 cm³/mol. The van der Waals surface area contributed by atoms with E-state index in [-0.39, 0.29) is 12.6 Å². The molecule has 0 aliphatic carbocycles. The number of amides is 1. The number of carbonyl (C=O) groups excluding carboxylic acids is 1. The van der Waals surface area contributed by atoms with Crippen LogP contribution in [0.15, 0.2) is 0 Å². The number of alkyl carbamates (subject to hydrolysis) is 1. The lowest BCUT2D eigenvalue weighted by Crippen LogP contribution is -2.40. The normalized spacial score (nSPS) is 13.1. The Morgan fingerprint density at radius 3 is 2.53 bits per heavy atom. The highest BCUT2D eigenvalue weighted by atomic mass is 16.6. The van der Waals surface area contributed by atoms with Crippen LogP contribution in [0.4, 0.5) is 4.79 Å². The molecule has 6 heteroatoms. The second kappa shape index (κ2) is 10.00. The summed E-state index contributed by atoms with van der Waals surface area (Å²) in [7, 11) is 0. The third kappa shape index (κ3) is 11.9. The van der Waals surface area contributed by atoms with Gasteiger partial charge >= 0.3 is 6.09 Å². The summed E-state index contributed by atoms with van der Waals surface area (Å²) >= 11 is 0. The first kappa shape index (κ1) is 18.1. The Kier molecular flexibility index (Phi) is 9.55. The third-order valence-electron chi connectivity index (χ3n) is 2.46. The lowest BCUT2D eigenvalue weighted by molar-refractivity contribution is 0.0526. The van der Waals surface area contributed by atoms with Crippen LogP contribution in [-0.2, 0) is 4.74 Å². The van der Waals surface area contributed by atoms with Gasteiger partial charge in [-0.3, -0.25) is 0 Å². The molecule has 1 unspecified atom stereocenters. The molecule has 0 aliphatic heterocycles. The number of ether oxygens (including phenoxy) is 1. The van der Waals surface area contributed by atoms with Gasteiger partial charge in [-0.15, -0.1) is 0 Å². The van der Waals surface area contributed by atoms with Crippen molar-refractivity contribution in [2.24, 2.45) is 5.73 Å². The number of rotatable bonds is 9. The van der Waals surface area contributed by atoms with Crippen molar-refractivity contribution in [3.05, 3.63) is 0 Å². The van der Waals surface area contributed by atoms with Crippen LogP contribution in [0.25, 0.3) is 0 Å². The maximum absolute atomic E-state index is 11.4. The van der Waals surface area contributed by atoms with Gasteiger partial charge in [0.25, 0.3) is 0 Å². The van der Waals surface area contributed by atoms with E-state index in [2.05, 4.69) is 10.6 Å². The SMILES string of the molecule is CC(C)(C)OC(=O)NCCC(CN)NCCCCO. The summed E-state index contributed by atoms with van der Waals surface area (Å²) in [5.41, 5.74) is 5.18. The average molecular weight is 275 g/mol. The summed E-state index contributed by atoms with van der Waals surface area (Å²) in [6.07, 6.45) is 2.07. The maximum Gasteiger partial charge on any atom is 0.407 e. The van der Waals surface area contributed by atoms with Crippen LogP contribution >= 0.6 is 0 Å². The number of nitrogens with two attached hydrogens (primary N) is 1. The number of carbonyl (C=O) groups is 1. The first-order valence-corrected chi connectivity index (χ1v) is 6.90. The van der Waals surface area contributed by atoms with Gasteiger partial charge in [-0.05, 0) is 46.6 Å². The molecule has 114 valence electrons. The number of nitrogens with one attached hydrogen (secondary N) is 2. The number of aliphatic hydroxyl groups excluding tert-OH is 1. The summed E-state index contributed by atoms with van der Waals surface area (Å²) in [5.74, 6) is 0. The first-order valence-electron chi connectivity index (χ1n) is 6.90. The zero-order valence-electron chi connectivity index (χ0n) is 12.4. The smallest absolute Gasteiger partial charge is 0.407 e. The minimum Gasteiger partial charge on any atom is -0.444 e. The average Bonchev–Trinajstić information content (AvgIpc) is 2.30. The largest absolute Gasteiger partial charge is 0.444 e. The van der Waals surface area contributed by atoms with Crippen molar-refractivity contribution in [3.63, 3.8) is 0 Å². The van der Waals surface area contributed by atoms with Crippen molar-refractivity contribution in [2.45, 2.75) is 51.7 Å². The van der Waals surface area contributed by atoms with Crippen LogP contribution < -0.4 is 16.4 Å². The van der Waals surface area contributed by atoms with Crippen molar-refractivity contribution < 1.29 is 14.6 Å². The van der Waals surface area contributed by atoms with Gasteiger partial charge in [-0.2, -0.15) is 0 Å². The lowest BCUT2D eigenvalue weighted by Gasteiger charge is -2.21. The first-order chi connectivity index (χ1) is 8.89. The lowest BCUT2D eigenvalue weighted by atomic mass is 10.2. The monoisotopic (exact) mass is 275 g/mol. The van der Waals surface area contributed by atoms with E-state index in [1.165, 1.54) is 0 Å². The number of hydrogen-bond donors (Lipinski definition) is 4. The standard InChI is InChI=1S/C13H29N3O3/c1-13(2,3)19-12(18)16-8-6-11(10-14)15-7-4-5-9-17/h11,15,17H,4-10,14H2,1-3H3,(H,16,18). The fourth-order valence-electron chi connectivity index (χ4n) is 1.51. The van der Waals surface area contributed by atoms with Crippen LogP contribution in [0.1, 0.15) is 40.0 Å². The molecule has 1 amide bonds. The molecule has 0 aromatic heterocycles. The molecule has 0 aromatic rings. The van der Waals surface area contributed by atoms with Crippen molar-refractivity contribution >= 4 is 6.09 Å². The minimum absolute atomic E-state index is 0.175. The van der Waals surface area contributed by atoms with Crippen LogP contribution in [0.5, 0.6) is 0 Å². The molecule has 6 nitrogen and oxygen atoms in total. The summed E-state index contributed by atoms with van der Waals surface area (Å²) < 4.78 is 5.14. The zero-order chi connectivity index (χ0) is 14.7. The Morgan fingerprint density at radius 2 is 2.00 bits per heavy atom. The second-order valence-corrected chi connectivity index (χ2v) is 5.53. The fraction of sp³-hybridized carbons (Fsp3) is 0.923. The van der Waals surface area contributed by atoms with Gasteiger partial charge in [0.2, 0.25) is 0 Å². The third-order valence-corrected chi connectivity index (χ3v) is 2.46. The Morgan fingerprint density at radius 1 is 1.32 bits per heavy atom. The van der Waals surface area contributed by atoms with E-state index in [1.54, 1.807) is 0 Å². The molecule has 1 atom stereocenters. The van der Waals surface area contributed by atoms with Crippen molar-refractivity contribution in [2.75, 3.05) is 26.2 Å². The van der Waals surface area contributed by atoms with Gasteiger partial charge in [0.05, 0.1) is 0 Å². The van der Waals surface area contributed by atoms with Gasteiger partial charge in [0.15, 0.2) is 0 Å². The van der Waals surface area contributed by atoms with Gasteiger partial charge in [-0.1, -0.05) is 0 Å². The highest BCUT2D eigenvalue weighted by Crippen LogP contribution is 2.06. The number of hydrogen-bond acceptors (Lipinski definition) is 5. The van der Waals surface area contributed by atoms with E-state index in [0.29, 0.717) is 13.1 Å². The van der Waals surface area contributed by atoms with Crippen LogP contribution in [0.3, 0.4) is 0 Å². The predicted octanol–water partition coefficient (Wildman–Crippen LogP) is 0.591. The molecule has 0 aromatic carbocycles. The van der Waals surface area contributed by atoms with Gasteiger partial charge < -0.3 is 26.2 Å². The van der Waals surface area contributed by atoms with Gasteiger partial charge in [0, 0.05) is 25.7 Å². The molecule has 0 radical (unpaired) electrons. The summed E-state index contributed by atoms with van der Waals surface area (Å²) in [6, 6.07) is 0.175. The quantitative estimate of drug-likeness (QED) is 0.462. The van der Waals surface area contributed by atoms with Gasteiger partial charge in [-0.25, -0.2) is 4.79 Å². The zero-order valence-corrected chi connectivity index (χ0v) is 12.4. The van der Waals surface area contributed by atoms with Crippen molar-refractivity contribution in [1.82, 2.24) is 10.6 Å². The molecular formula is C13H29N3O3. The highest BCUT2D eigenvalue weighted by molar-refractivity contribution is 5.67. The summed E-state index contributed by atoms with van der Waals surface area (Å²) in [5, 5.41) is 14.7. The van der Waals surface area contributed by atoms with E-state index >= 15 is 0 Å². The molecule has 0 fully saturated rings. The molecule has 0 bridgehead atoms. The molecule has 0 aliphatic rings. The Hall–Kier alpha value is -0.850. The molecule has 0 saturated heterocycles. The van der Waals surface area contributed by atoms with E-state index in [4.69, 9.17) is 15.6 Å². The van der Waals surface area contributed by atoms with Crippen molar-refractivity contribution in [3.8, 4) is 0 Å². The van der Waals surface area contributed by atoms with Crippen LogP contribution in [-0.4, -0.2) is 49.1 Å². The molecule has 5 N–H and O–H groups in total. The Labute approximate surface area is 116 Å². The van der Waals surface area contributed by atoms with E-state index in [1.807, 2.05) is 20.8 Å². The minimum atomic E-state index is -0.472. The molecule has 0 heterocycles. The van der Waals surface area contributed by atoms with Crippen LogP contribution in [0, 0.1) is 0 Å². The Balaban J connectivity index is 3.68.